The van der Waals surface area contributed by atoms with E-state index in [0.29, 0.717) is 12.0 Å². The van der Waals surface area contributed by atoms with Crippen molar-refractivity contribution in [2.75, 3.05) is 0 Å². The fraction of sp³-hybridized carbons (Fsp3) is 0.308. The van der Waals surface area contributed by atoms with Crippen molar-refractivity contribution in [3.05, 3.63) is 47.7 Å². The maximum absolute atomic E-state index is 13.4. The molecular weight excluding hydrogens is 208 g/mol. The molecule has 0 saturated heterocycles. The Balaban J connectivity index is 2.05. The van der Waals surface area contributed by atoms with Crippen molar-refractivity contribution < 1.29 is 8.78 Å². The lowest BCUT2D eigenvalue weighted by atomic mass is 9.86. The predicted octanol–water partition coefficient (Wildman–Crippen LogP) is 3.50. The maximum Gasteiger partial charge on any atom is 0.129 e. The van der Waals surface area contributed by atoms with Gasteiger partial charge in [0.1, 0.15) is 11.6 Å². The van der Waals surface area contributed by atoms with E-state index in [1.807, 2.05) is 19.2 Å². The summed E-state index contributed by atoms with van der Waals surface area (Å²) in [5.74, 6) is -1.00. The van der Waals surface area contributed by atoms with Crippen LogP contribution < -0.4 is 0 Å². The topological polar surface area (TPSA) is 12.4 Å². The molecule has 1 aliphatic heterocycles. The first kappa shape index (κ1) is 11.0. The Hall–Kier alpha value is -1.51. The van der Waals surface area contributed by atoms with Gasteiger partial charge in [0, 0.05) is 23.9 Å². The summed E-state index contributed by atoms with van der Waals surface area (Å²) >= 11 is 0. The molecule has 0 spiro atoms. The van der Waals surface area contributed by atoms with Crippen LogP contribution in [0.3, 0.4) is 0 Å². The summed E-state index contributed by atoms with van der Waals surface area (Å²) in [6, 6.07) is 3.72. The third kappa shape index (κ3) is 2.35. The number of benzene rings is 1. The van der Waals surface area contributed by atoms with Gasteiger partial charge in [0.15, 0.2) is 0 Å². The molecule has 0 aromatic heterocycles. The highest BCUT2D eigenvalue weighted by Crippen LogP contribution is 2.27. The lowest BCUT2D eigenvalue weighted by Gasteiger charge is -2.17. The van der Waals surface area contributed by atoms with Crippen LogP contribution >= 0.6 is 0 Å². The van der Waals surface area contributed by atoms with E-state index in [-0.39, 0.29) is 5.41 Å². The molecular formula is C13H13F2N. The first-order valence-corrected chi connectivity index (χ1v) is 5.25. The lowest BCUT2D eigenvalue weighted by molar-refractivity contribution is 0.530. The summed E-state index contributed by atoms with van der Waals surface area (Å²) < 4.78 is 26.0. The largest absolute Gasteiger partial charge is 0.268 e. The molecule has 16 heavy (non-hydrogen) atoms. The van der Waals surface area contributed by atoms with E-state index in [1.165, 1.54) is 12.1 Å². The Kier molecular flexibility index (Phi) is 2.86. The first-order chi connectivity index (χ1) is 7.59. The highest BCUT2D eigenvalue weighted by Gasteiger charge is 2.21. The number of hydrogen-bond acceptors (Lipinski definition) is 1. The molecule has 1 atom stereocenters. The van der Waals surface area contributed by atoms with Crippen LogP contribution in [0.1, 0.15) is 18.9 Å². The average molecular weight is 221 g/mol. The Bertz CT molecular complexity index is 437. The molecule has 0 fully saturated rings. The van der Waals surface area contributed by atoms with Gasteiger partial charge in [0.05, 0.1) is 0 Å². The molecule has 0 N–H and O–H groups in total. The summed E-state index contributed by atoms with van der Waals surface area (Å²) in [7, 11) is 0. The molecule has 84 valence electrons. The summed E-state index contributed by atoms with van der Waals surface area (Å²) in [5, 5.41) is 0. The number of aryl methyl sites for hydroxylation is 1. The van der Waals surface area contributed by atoms with Gasteiger partial charge in [-0.3, -0.25) is 4.99 Å². The van der Waals surface area contributed by atoms with Crippen LogP contribution in [-0.4, -0.2) is 6.21 Å². The highest BCUT2D eigenvalue weighted by atomic mass is 19.1. The van der Waals surface area contributed by atoms with Gasteiger partial charge in [-0.2, -0.15) is 0 Å². The molecule has 1 aromatic carbocycles. The molecule has 0 amide bonds. The minimum Gasteiger partial charge on any atom is -0.268 e. The van der Waals surface area contributed by atoms with Crippen molar-refractivity contribution in [2.24, 2.45) is 10.4 Å². The molecule has 1 unspecified atom stereocenters. The van der Waals surface area contributed by atoms with Gasteiger partial charge in [-0.05, 0) is 24.5 Å². The Morgan fingerprint density at radius 3 is 2.75 bits per heavy atom. The van der Waals surface area contributed by atoms with Gasteiger partial charge in [0.25, 0.3) is 0 Å². The van der Waals surface area contributed by atoms with Crippen LogP contribution in [0.2, 0.25) is 0 Å². The minimum atomic E-state index is -0.533. The Labute approximate surface area is 93.5 Å². The average Bonchev–Trinajstić information content (AvgIpc) is 2.64. The molecule has 1 nitrogen and oxygen atoms in total. The molecule has 0 aliphatic carbocycles. The zero-order valence-corrected chi connectivity index (χ0v) is 9.08. The van der Waals surface area contributed by atoms with Gasteiger partial charge in [-0.15, -0.1) is 0 Å². The molecule has 0 radical (unpaired) electrons. The Morgan fingerprint density at radius 2 is 2.12 bits per heavy atom. The second-order valence-electron chi connectivity index (χ2n) is 4.34. The number of halogens is 2. The molecule has 1 aromatic rings. The summed E-state index contributed by atoms with van der Waals surface area (Å²) in [5.41, 5.74) is 0.456. The van der Waals surface area contributed by atoms with Crippen molar-refractivity contribution in [1.82, 2.24) is 0 Å². The van der Waals surface area contributed by atoms with Gasteiger partial charge in [-0.25, -0.2) is 8.78 Å². The normalized spacial score (nSPS) is 22.9. The standard InChI is InChI=1S/C13H13F2N/c1-13(6-7-16-9-13)5-4-10-2-3-11(14)8-12(10)15/h2-3,6-9H,4-5H2,1H3. The maximum atomic E-state index is 13.4. The second kappa shape index (κ2) is 4.16. The third-order valence-corrected chi connectivity index (χ3v) is 2.86. The molecule has 1 aliphatic rings. The number of aliphatic imine (C=N–C) groups is 1. The van der Waals surface area contributed by atoms with Crippen molar-refractivity contribution in [2.45, 2.75) is 19.8 Å². The van der Waals surface area contributed by atoms with Crippen molar-refractivity contribution >= 4 is 6.21 Å². The van der Waals surface area contributed by atoms with Gasteiger partial charge in [-0.1, -0.05) is 19.1 Å². The van der Waals surface area contributed by atoms with Gasteiger partial charge in [0.2, 0.25) is 0 Å². The zero-order valence-electron chi connectivity index (χ0n) is 9.08. The third-order valence-electron chi connectivity index (χ3n) is 2.86. The summed E-state index contributed by atoms with van der Waals surface area (Å²) in [6.07, 6.45) is 6.96. The monoisotopic (exact) mass is 221 g/mol. The highest BCUT2D eigenvalue weighted by molar-refractivity contribution is 5.71. The molecule has 1 heterocycles. The number of allylic oxidation sites excluding steroid dienone is 1. The SMILES string of the molecule is CC1(CCc2ccc(F)cc2F)C=CN=C1. The summed E-state index contributed by atoms with van der Waals surface area (Å²) in [4.78, 5) is 4.03. The summed E-state index contributed by atoms with van der Waals surface area (Å²) in [6.45, 7) is 2.04. The van der Waals surface area contributed by atoms with E-state index in [4.69, 9.17) is 0 Å². The predicted molar refractivity (Wildman–Crippen MR) is 60.4 cm³/mol. The van der Waals surface area contributed by atoms with Gasteiger partial charge >= 0.3 is 0 Å². The fourth-order valence-corrected chi connectivity index (χ4v) is 1.75. The number of nitrogens with zero attached hydrogens (tertiary/aromatic N) is 1. The number of hydrogen-bond donors (Lipinski definition) is 0. The van der Waals surface area contributed by atoms with E-state index < -0.39 is 11.6 Å². The van der Waals surface area contributed by atoms with Crippen LogP contribution in [0.5, 0.6) is 0 Å². The van der Waals surface area contributed by atoms with Crippen molar-refractivity contribution in [1.29, 1.82) is 0 Å². The molecule has 3 heteroatoms. The van der Waals surface area contributed by atoms with E-state index in [1.54, 1.807) is 6.20 Å². The zero-order chi connectivity index (χ0) is 11.6. The van der Waals surface area contributed by atoms with Crippen LogP contribution in [-0.2, 0) is 6.42 Å². The molecule has 0 saturated carbocycles. The van der Waals surface area contributed by atoms with Gasteiger partial charge < -0.3 is 0 Å². The molecule has 0 bridgehead atoms. The van der Waals surface area contributed by atoms with E-state index in [2.05, 4.69) is 4.99 Å². The van der Waals surface area contributed by atoms with Crippen LogP contribution in [0, 0.1) is 17.0 Å². The van der Waals surface area contributed by atoms with Crippen LogP contribution in [0.4, 0.5) is 8.78 Å². The van der Waals surface area contributed by atoms with Crippen molar-refractivity contribution in [3.63, 3.8) is 0 Å². The first-order valence-electron chi connectivity index (χ1n) is 5.25. The minimum absolute atomic E-state index is 0.0964. The quantitative estimate of drug-likeness (QED) is 0.740. The van der Waals surface area contributed by atoms with E-state index >= 15 is 0 Å². The number of rotatable bonds is 3. The van der Waals surface area contributed by atoms with Crippen LogP contribution in [0.15, 0.2) is 35.5 Å². The Morgan fingerprint density at radius 1 is 1.31 bits per heavy atom. The van der Waals surface area contributed by atoms with Crippen molar-refractivity contribution in [3.8, 4) is 0 Å². The van der Waals surface area contributed by atoms with Crippen LogP contribution in [0.25, 0.3) is 0 Å². The van der Waals surface area contributed by atoms with E-state index in [0.717, 1.165) is 12.5 Å². The second-order valence-corrected chi connectivity index (χ2v) is 4.34. The smallest absolute Gasteiger partial charge is 0.129 e. The van der Waals surface area contributed by atoms with E-state index in [9.17, 15) is 8.78 Å². The fourth-order valence-electron chi connectivity index (χ4n) is 1.75. The molecule has 2 rings (SSSR count). The lowest BCUT2D eigenvalue weighted by Crippen LogP contribution is -2.14.